The zero-order valence-electron chi connectivity index (χ0n) is 20.6. The van der Waals surface area contributed by atoms with Crippen molar-refractivity contribution in [3.05, 3.63) is 47.4 Å². The van der Waals surface area contributed by atoms with Crippen LogP contribution in [-0.2, 0) is 29.1 Å². The van der Waals surface area contributed by atoms with Gasteiger partial charge in [0.25, 0.3) is 0 Å². The Bertz CT molecular complexity index is 1090. The minimum atomic E-state index is -0.0640. The molecule has 2 heterocycles. The van der Waals surface area contributed by atoms with Crippen molar-refractivity contribution in [3.8, 4) is 0 Å². The van der Waals surface area contributed by atoms with Gasteiger partial charge in [0.15, 0.2) is 0 Å². The van der Waals surface area contributed by atoms with Gasteiger partial charge < -0.3 is 10.6 Å². The molecular weight excluding hydrogens is 438 g/mol. The van der Waals surface area contributed by atoms with Crippen molar-refractivity contribution in [2.75, 3.05) is 17.2 Å². The van der Waals surface area contributed by atoms with Gasteiger partial charge in [0, 0.05) is 44.2 Å². The summed E-state index contributed by atoms with van der Waals surface area (Å²) in [6, 6.07) is 7.98. The van der Waals surface area contributed by atoms with E-state index in [9.17, 15) is 9.59 Å². The van der Waals surface area contributed by atoms with E-state index in [-0.39, 0.29) is 17.2 Å². The van der Waals surface area contributed by atoms with Crippen LogP contribution in [0.1, 0.15) is 68.7 Å². The largest absolute Gasteiger partial charge is 0.326 e. The van der Waals surface area contributed by atoms with Gasteiger partial charge in [-0.15, -0.1) is 0 Å². The molecule has 7 nitrogen and oxygen atoms in total. The van der Waals surface area contributed by atoms with Gasteiger partial charge >= 0.3 is 0 Å². The second-order valence-corrected chi connectivity index (χ2v) is 11.6. The van der Waals surface area contributed by atoms with E-state index in [0.717, 1.165) is 60.8 Å². The van der Waals surface area contributed by atoms with Crippen molar-refractivity contribution >= 4 is 23.3 Å². The Labute approximate surface area is 207 Å². The number of carbonyl (C=O) groups is 2. The molecule has 2 aromatic rings. The van der Waals surface area contributed by atoms with E-state index in [1.54, 1.807) is 6.33 Å². The first-order chi connectivity index (χ1) is 16.9. The lowest BCUT2D eigenvalue weighted by Gasteiger charge is -2.56. The molecule has 0 radical (unpaired) electrons. The van der Waals surface area contributed by atoms with Crippen molar-refractivity contribution in [1.29, 1.82) is 0 Å². The fourth-order valence-corrected chi connectivity index (χ4v) is 7.83. The third kappa shape index (κ3) is 4.83. The Kier molecular flexibility index (Phi) is 5.83. The monoisotopic (exact) mass is 473 g/mol. The van der Waals surface area contributed by atoms with Crippen molar-refractivity contribution in [1.82, 2.24) is 14.9 Å². The van der Waals surface area contributed by atoms with Gasteiger partial charge in [0.2, 0.25) is 11.8 Å². The third-order valence-corrected chi connectivity index (χ3v) is 8.72. The van der Waals surface area contributed by atoms with Crippen LogP contribution in [0, 0.1) is 23.2 Å². The molecule has 4 aliphatic carbocycles. The molecule has 1 aromatic carbocycles. The lowest BCUT2D eigenvalue weighted by atomic mass is 9.49. The number of fused-ring (bicyclic) bond motifs is 1. The summed E-state index contributed by atoms with van der Waals surface area (Å²) in [5.41, 5.74) is 4.33. The number of anilines is 2. The number of hydrogen-bond acceptors (Lipinski definition) is 5. The highest BCUT2D eigenvalue weighted by molar-refractivity contribution is 5.91. The molecule has 1 aromatic heterocycles. The molecule has 2 amide bonds. The van der Waals surface area contributed by atoms with Gasteiger partial charge in [-0.25, -0.2) is 9.97 Å². The summed E-state index contributed by atoms with van der Waals surface area (Å²) in [6.07, 6.45) is 11.0. The SMILES string of the molecule is CC(=O)Nc1ccc(CN2CCc3c(ncnc3NC(=O)CC34CC5CC(CC(C5)C3)C4)C2)cc1. The smallest absolute Gasteiger partial charge is 0.226 e. The Morgan fingerprint density at radius 3 is 2.34 bits per heavy atom. The molecular formula is C28H35N5O2. The van der Waals surface area contributed by atoms with E-state index in [4.69, 9.17) is 0 Å². The lowest BCUT2D eigenvalue weighted by Crippen LogP contribution is -2.47. The maximum atomic E-state index is 13.2. The second kappa shape index (κ2) is 9.01. The van der Waals surface area contributed by atoms with Crippen LogP contribution >= 0.6 is 0 Å². The minimum Gasteiger partial charge on any atom is -0.326 e. The third-order valence-electron chi connectivity index (χ3n) is 8.72. The van der Waals surface area contributed by atoms with E-state index in [0.29, 0.717) is 12.2 Å². The molecule has 2 N–H and O–H groups in total. The average molecular weight is 474 g/mol. The van der Waals surface area contributed by atoms with Crippen molar-refractivity contribution < 1.29 is 9.59 Å². The molecule has 1 aliphatic heterocycles. The Balaban J connectivity index is 1.08. The number of rotatable bonds is 6. The highest BCUT2D eigenvalue weighted by Gasteiger charge is 2.51. The molecule has 0 unspecified atom stereocenters. The Morgan fingerprint density at radius 1 is 1.00 bits per heavy atom. The van der Waals surface area contributed by atoms with Crippen LogP contribution in [0.5, 0.6) is 0 Å². The maximum absolute atomic E-state index is 13.2. The number of amides is 2. The number of hydrogen-bond donors (Lipinski definition) is 2. The van der Waals surface area contributed by atoms with Crippen LogP contribution in [0.25, 0.3) is 0 Å². The molecule has 0 atom stereocenters. The molecule has 4 saturated carbocycles. The zero-order valence-corrected chi connectivity index (χ0v) is 20.6. The maximum Gasteiger partial charge on any atom is 0.226 e. The van der Waals surface area contributed by atoms with Crippen LogP contribution in [0.3, 0.4) is 0 Å². The highest BCUT2D eigenvalue weighted by atomic mass is 16.2. The quantitative estimate of drug-likeness (QED) is 0.643. The number of carbonyl (C=O) groups excluding carboxylic acids is 2. The van der Waals surface area contributed by atoms with Gasteiger partial charge in [0.05, 0.1) is 5.69 Å². The summed E-state index contributed by atoms with van der Waals surface area (Å²) >= 11 is 0. The second-order valence-electron chi connectivity index (χ2n) is 11.6. The molecule has 4 fully saturated rings. The summed E-state index contributed by atoms with van der Waals surface area (Å²) in [5.74, 6) is 3.35. The summed E-state index contributed by atoms with van der Waals surface area (Å²) in [6.45, 7) is 3.97. The molecule has 4 bridgehead atoms. The van der Waals surface area contributed by atoms with Crippen LogP contribution in [-0.4, -0.2) is 33.2 Å². The molecule has 0 saturated heterocycles. The van der Waals surface area contributed by atoms with Crippen LogP contribution in [0.4, 0.5) is 11.5 Å². The lowest BCUT2D eigenvalue weighted by molar-refractivity contribution is -0.124. The van der Waals surface area contributed by atoms with Crippen LogP contribution in [0.2, 0.25) is 0 Å². The van der Waals surface area contributed by atoms with Gasteiger partial charge in [-0.1, -0.05) is 12.1 Å². The van der Waals surface area contributed by atoms with Gasteiger partial charge in [-0.2, -0.15) is 0 Å². The standard InChI is InChI=1S/C28H35N5O2/c1-18(34)31-23-4-2-19(3-5-23)15-33-7-6-24-25(16-33)29-17-30-27(24)32-26(35)14-28-11-20-8-21(12-28)10-22(9-20)13-28/h2-5,17,20-22H,6-16H2,1H3,(H,31,34)(H,29,30,32,35). The topological polar surface area (TPSA) is 87.2 Å². The first kappa shape index (κ1) is 22.7. The predicted octanol–water partition coefficient (Wildman–Crippen LogP) is 4.54. The van der Waals surface area contributed by atoms with Gasteiger partial charge in [0.1, 0.15) is 12.1 Å². The molecule has 35 heavy (non-hydrogen) atoms. The van der Waals surface area contributed by atoms with Crippen molar-refractivity contribution in [3.63, 3.8) is 0 Å². The van der Waals surface area contributed by atoms with Crippen LogP contribution < -0.4 is 10.6 Å². The predicted molar refractivity (Wildman–Crippen MR) is 134 cm³/mol. The number of nitrogens with one attached hydrogen (secondary N) is 2. The minimum absolute atomic E-state index is 0.0640. The fraction of sp³-hybridized carbons (Fsp3) is 0.571. The molecule has 184 valence electrons. The van der Waals surface area contributed by atoms with Gasteiger partial charge in [-0.05, 0) is 85.8 Å². The summed E-state index contributed by atoms with van der Waals surface area (Å²) in [4.78, 5) is 35.8. The first-order valence-corrected chi connectivity index (χ1v) is 13.1. The number of nitrogens with zero attached hydrogens (tertiary/aromatic N) is 3. The summed E-state index contributed by atoms with van der Waals surface area (Å²) < 4.78 is 0. The van der Waals surface area contributed by atoms with Crippen LogP contribution in [0.15, 0.2) is 30.6 Å². The molecule has 7 heteroatoms. The zero-order chi connectivity index (χ0) is 24.0. The average Bonchev–Trinajstić information content (AvgIpc) is 2.79. The van der Waals surface area contributed by atoms with E-state index in [1.807, 2.05) is 12.1 Å². The van der Waals surface area contributed by atoms with Crippen molar-refractivity contribution in [2.24, 2.45) is 23.2 Å². The van der Waals surface area contributed by atoms with E-state index >= 15 is 0 Å². The highest BCUT2D eigenvalue weighted by Crippen LogP contribution is 2.61. The van der Waals surface area contributed by atoms with Gasteiger partial charge in [-0.3, -0.25) is 14.5 Å². The fourth-order valence-electron chi connectivity index (χ4n) is 7.83. The summed E-state index contributed by atoms with van der Waals surface area (Å²) in [5, 5.41) is 6.00. The number of aromatic nitrogens is 2. The molecule has 5 aliphatic rings. The molecule has 7 rings (SSSR count). The number of benzene rings is 1. The molecule has 0 spiro atoms. The first-order valence-electron chi connectivity index (χ1n) is 13.1. The normalized spacial score (nSPS) is 29.0. The van der Waals surface area contributed by atoms with E-state index in [1.165, 1.54) is 51.0 Å². The summed E-state index contributed by atoms with van der Waals surface area (Å²) in [7, 11) is 0. The van der Waals surface area contributed by atoms with Crippen molar-refractivity contribution in [2.45, 2.75) is 71.4 Å². The Morgan fingerprint density at radius 2 is 1.69 bits per heavy atom. The Hall–Kier alpha value is -2.80. The van der Waals surface area contributed by atoms with E-state index < -0.39 is 0 Å². The van der Waals surface area contributed by atoms with E-state index in [2.05, 4.69) is 37.6 Å².